The molecule has 3 unspecified atom stereocenters. The number of carboxylic acids is 1. The van der Waals surface area contributed by atoms with Gasteiger partial charge in [0, 0.05) is 18.9 Å². The summed E-state index contributed by atoms with van der Waals surface area (Å²) in [7, 11) is 0. The van der Waals surface area contributed by atoms with Crippen molar-refractivity contribution in [2.75, 3.05) is 26.4 Å². The number of carbonyl (C=O) groups is 3. The molecule has 3 atom stereocenters. The number of hydrogen-bond donors (Lipinski definition) is 3. The van der Waals surface area contributed by atoms with Crippen LogP contribution in [0.2, 0.25) is 0 Å². The summed E-state index contributed by atoms with van der Waals surface area (Å²) in [6.07, 6.45) is 0.322. The van der Waals surface area contributed by atoms with Crippen molar-refractivity contribution in [3.63, 3.8) is 0 Å². The highest BCUT2D eigenvalue weighted by Crippen LogP contribution is 2.44. The number of rotatable bonds is 9. The lowest BCUT2D eigenvalue weighted by atomic mass is 9.98. The van der Waals surface area contributed by atoms with Gasteiger partial charge in [0.15, 0.2) is 0 Å². The first-order chi connectivity index (χ1) is 16.4. The molecule has 2 amide bonds. The second-order valence-corrected chi connectivity index (χ2v) is 9.01. The minimum Gasteiger partial charge on any atom is -0.481 e. The van der Waals surface area contributed by atoms with Crippen LogP contribution in [0.1, 0.15) is 36.8 Å². The second kappa shape index (κ2) is 10.7. The first-order valence-corrected chi connectivity index (χ1v) is 11.6. The van der Waals surface area contributed by atoms with Gasteiger partial charge in [0.25, 0.3) is 0 Å². The molecule has 8 heteroatoms. The van der Waals surface area contributed by atoms with Crippen molar-refractivity contribution in [1.82, 2.24) is 10.6 Å². The van der Waals surface area contributed by atoms with Gasteiger partial charge in [-0.1, -0.05) is 55.5 Å². The quantitative estimate of drug-likeness (QED) is 0.523. The van der Waals surface area contributed by atoms with Gasteiger partial charge in [-0.25, -0.2) is 4.79 Å². The Morgan fingerprint density at radius 1 is 1.06 bits per heavy atom. The molecule has 3 N–H and O–H groups in total. The Kier molecular flexibility index (Phi) is 7.47. The van der Waals surface area contributed by atoms with Gasteiger partial charge in [0.2, 0.25) is 5.91 Å². The van der Waals surface area contributed by atoms with Crippen LogP contribution < -0.4 is 10.6 Å². The molecule has 8 nitrogen and oxygen atoms in total. The maximum Gasteiger partial charge on any atom is 0.407 e. The Labute approximate surface area is 198 Å². The first-order valence-electron chi connectivity index (χ1n) is 11.6. The third kappa shape index (κ3) is 5.39. The molecule has 34 heavy (non-hydrogen) atoms. The van der Waals surface area contributed by atoms with Crippen LogP contribution in [0.3, 0.4) is 0 Å². The molecule has 2 aromatic rings. The molecule has 0 aromatic heterocycles. The number of amides is 2. The van der Waals surface area contributed by atoms with Crippen molar-refractivity contribution < 1.29 is 29.0 Å². The molecular formula is C26H30N2O6. The topological polar surface area (TPSA) is 114 Å². The smallest absolute Gasteiger partial charge is 0.407 e. The number of aliphatic carboxylic acids is 1. The zero-order valence-corrected chi connectivity index (χ0v) is 19.2. The minimum absolute atomic E-state index is 0.00784. The summed E-state index contributed by atoms with van der Waals surface area (Å²) in [5.74, 6) is -1.83. The maximum atomic E-state index is 12.3. The highest BCUT2D eigenvalue weighted by molar-refractivity contribution is 5.79. The van der Waals surface area contributed by atoms with E-state index < -0.39 is 24.0 Å². The highest BCUT2D eigenvalue weighted by Gasteiger charge is 2.35. The van der Waals surface area contributed by atoms with E-state index in [1.165, 1.54) is 11.1 Å². The lowest BCUT2D eigenvalue weighted by Crippen LogP contribution is -2.42. The van der Waals surface area contributed by atoms with E-state index in [1.54, 1.807) is 0 Å². The first kappa shape index (κ1) is 23.8. The predicted molar refractivity (Wildman–Crippen MR) is 125 cm³/mol. The zero-order valence-electron chi connectivity index (χ0n) is 19.2. The fourth-order valence-electron chi connectivity index (χ4n) is 4.61. The average molecular weight is 467 g/mol. The summed E-state index contributed by atoms with van der Waals surface area (Å²) >= 11 is 0. The van der Waals surface area contributed by atoms with E-state index >= 15 is 0 Å². The number of ether oxygens (including phenoxy) is 2. The number of carboxylic acid groups (broad SMARTS) is 1. The van der Waals surface area contributed by atoms with E-state index in [0.29, 0.717) is 13.0 Å². The number of fused-ring (bicyclic) bond motifs is 3. The molecule has 2 aliphatic rings. The van der Waals surface area contributed by atoms with Crippen LogP contribution in [0.15, 0.2) is 48.5 Å². The summed E-state index contributed by atoms with van der Waals surface area (Å²) < 4.78 is 10.7. The van der Waals surface area contributed by atoms with Crippen molar-refractivity contribution in [2.24, 2.45) is 11.8 Å². The predicted octanol–water partition coefficient (Wildman–Crippen LogP) is 3.16. The number of alkyl carbamates (subject to hydrolysis) is 1. The number of carbonyl (C=O) groups excluding carboxylic acids is 2. The van der Waals surface area contributed by atoms with Gasteiger partial charge in [-0.2, -0.15) is 0 Å². The van der Waals surface area contributed by atoms with E-state index in [-0.39, 0.29) is 44.0 Å². The van der Waals surface area contributed by atoms with Crippen molar-refractivity contribution in [2.45, 2.75) is 31.7 Å². The number of nitrogens with one attached hydrogen (secondary N) is 2. The van der Waals surface area contributed by atoms with Gasteiger partial charge < -0.3 is 25.2 Å². The Morgan fingerprint density at radius 3 is 2.35 bits per heavy atom. The SMILES string of the molecule is CC(CCC(=O)NC1COCC1C(=O)O)CNC(=O)OCC1c2ccccc2-c2ccccc21. The molecule has 4 rings (SSSR count). The molecule has 180 valence electrons. The van der Waals surface area contributed by atoms with Crippen molar-refractivity contribution in [3.05, 3.63) is 59.7 Å². The molecule has 1 aliphatic heterocycles. The van der Waals surface area contributed by atoms with E-state index in [1.807, 2.05) is 31.2 Å². The van der Waals surface area contributed by atoms with E-state index in [9.17, 15) is 14.4 Å². The highest BCUT2D eigenvalue weighted by atomic mass is 16.5. The van der Waals surface area contributed by atoms with Gasteiger partial charge in [-0.05, 0) is 34.6 Å². The van der Waals surface area contributed by atoms with Crippen LogP contribution in [0, 0.1) is 11.8 Å². The maximum absolute atomic E-state index is 12.3. The molecule has 1 fully saturated rings. The molecule has 1 saturated heterocycles. The van der Waals surface area contributed by atoms with E-state index in [4.69, 9.17) is 14.6 Å². The fourth-order valence-corrected chi connectivity index (χ4v) is 4.61. The van der Waals surface area contributed by atoms with Crippen LogP contribution in [-0.2, 0) is 19.1 Å². The minimum atomic E-state index is -0.969. The molecule has 2 aromatic carbocycles. The van der Waals surface area contributed by atoms with E-state index in [0.717, 1.165) is 11.1 Å². The Balaban J connectivity index is 1.19. The standard InChI is InChI=1S/C26H30N2O6/c1-16(10-11-24(29)28-23-15-33-13-22(23)25(30)31)12-27-26(32)34-14-21-19-8-4-2-6-17(19)18-7-3-5-9-20(18)21/h2-9,16,21-23H,10-15H2,1H3,(H,27,32)(H,28,29)(H,30,31). The van der Waals surface area contributed by atoms with Gasteiger partial charge in [0.05, 0.1) is 19.3 Å². The van der Waals surface area contributed by atoms with Gasteiger partial charge in [0.1, 0.15) is 12.5 Å². The second-order valence-electron chi connectivity index (χ2n) is 9.01. The van der Waals surface area contributed by atoms with Crippen molar-refractivity contribution >= 4 is 18.0 Å². The van der Waals surface area contributed by atoms with Crippen LogP contribution in [0.25, 0.3) is 11.1 Å². The molecule has 1 heterocycles. The Hall–Kier alpha value is -3.39. The molecule has 0 spiro atoms. The Bertz CT molecular complexity index is 1010. The third-order valence-electron chi connectivity index (χ3n) is 6.55. The van der Waals surface area contributed by atoms with Gasteiger partial charge in [-0.3, -0.25) is 9.59 Å². The molecular weight excluding hydrogens is 436 g/mol. The summed E-state index contributed by atoms with van der Waals surface area (Å²) in [6, 6.07) is 15.9. The normalized spacial score (nSPS) is 19.7. The lowest BCUT2D eigenvalue weighted by Gasteiger charge is -2.17. The number of benzene rings is 2. The van der Waals surface area contributed by atoms with Gasteiger partial charge in [-0.15, -0.1) is 0 Å². The monoisotopic (exact) mass is 466 g/mol. The van der Waals surface area contributed by atoms with Crippen molar-refractivity contribution in [3.8, 4) is 11.1 Å². The third-order valence-corrected chi connectivity index (χ3v) is 6.55. The van der Waals surface area contributed by atoms with Crippen LogP contribution >= 0.6 is 0 Å². The van der Waals surface area contributed by atoms with E-state index in [2.05, 4.69) is 34.9 Å². The number of hydrogen-bond acceptors (Lipinski definition) is 5. The van der Waals surface area contributed by atoms with Crippen LogP contribution in [-0.4, -0.2) is 55.5 Å². The summed E-state index contributed by atoms with van der Waals surface area (Å²) in [5, 5.41) is 14.7. The summed E-state index contributed by atoms with van der Waals surface area (Å²) in [4.78, 5) is 35.7. The van der Waals surface area contributed by atoms with Crippen molar-refractivity contribution in [1.29, 1.82) is 0 Å². The molecule has 0 radical (unpaired) electrons. The summed E-state index contributed by atoms with van der Waals surface area (Å²) in [6.45, 7) is 2.90. The molecule has 1 aliphatic carbocycles. The average Bonchev–Trinajstić information content (AvgIpc) is 3.43. The summed E-state index contributed by atoms with van der Waals surface area (Å²) in [5.41, 5.74) is 4.68. The fraction of sp³-hybridized carbons (Fsp3) is 0.423. The van der Waals surface area contributed by atoms with Crippen LogP contribution in [0.4, 0.5) is 4.79 Å². The largest absolute Gasteiger partial charge is 0.481 e. The molecule has 0 saturated carbocycles. The van der Waals surface area contributed by atoms with Crippen LogP contribution in [0.5, 0.6) is 0 Å². The lowest BCUT2D eigenvalue weighted by molar-refractivity contribution is -0.142. The van der Waals surface area contributed by atoms with Gasteiger partial charge >= 0.3 is 12.1 Å². The Morgan fingerprint density at radius 2 is 1.71 bits per heavy atom. The zero-order chi connectivity index (χ0) is 24.1. The molecule has 0 bridgehead atoms.